The molecule has 0 aromatic carbocycles. The maximum Gasteiger partial charge on any atom is 0.355 e. The van der Waals surface area contributed by atoms with Crippen LogP contribution in [0.2, 0.25) is 0 Å². The van der Waals surface area contributed by atoms with Crippen molar-refractivity contribution in [2.24, 2.45) is 5.92 Å². The Morgan fingerprint density at radius 1 is 1.47 bits per heavy atom. The van der Waals surface area contributed by atoms with Crippen LogP contribution < -0.4 is 0 Å². The quantitative estimate of drug-likeness (QED) is 0.930. The number of hydrogen-bond donors (Lipinski definition) is 1. The van der Waals surface area contributed by atoms with Gasteiger partial charge in [-0.05, 0) is 18.4 Å². The van der Waals surface area contributed by atoms with Gasteiger partial charge >= 0.3 is 5.97 Å². The molecule has 0 radical (unpaired) electrons. The van der Waals surface area contributed by atoms with Crippen molar-refractivity contribution in [1.82, 2.24) is 9.97 Å². The van der Waals surface area contributed by atoms with Crippen LogP contribution in [0.5, 0.6) is 0 Å². The van der Waals surface area contributed by atoms with Crippen molar-refractivity contribution >= 4 is 27.5 Å². The van der Waals surface area contributed by atoms with Crippen LogP contribution in [-0.4, -0.2) is 21.0 Å². The lowest BCUT2D eigenvalue weighted by atomic mass is 9.83. The zero-order valence-corrected chi connectivity index (χ0v) is 11.7. The van der Waals surface area contributed by atoms with E-state index < -0.39 is 5.97 Å². The van der Waals surface area contributed by atoms with Crippen LogP contribution >= 0.6 is 11.3 Å². The van der Waals surface area contributed by atoms with E-state index in [1.807, 2.05) is 6.07 Å². The normalized spacial score (nSPS) is 15.6. The van der Waals surface area contributed by atoms with Gasteiger partial charge in [0, 0.05) is 16.7 Å². The van der Waals surface area contributed by atoms with Crippen molar-refractivity contribution in [3.8, 4) is 0 Å². The highest BCUT2D eigenvalue weighted by Crippen LogP contribution is 2.31. The fraction of sp³-hybridized carbons (Fsp3) is 0.500. The van der Waals surface area contributed by atoms with E-state index in [4.69, 9.17) is 0 Å². The molecule has 1 N–H and O–H groups in total. The molecule has 0 unspecified atom stereocenters. The van der Waals surface area contributed by atoms with E-state index in [0.717, 1.165) is 22.5 Å². The molecule has 4 nitrogen and oxygen atoms in total. The lowest BCUT2D eigenvalue weighted by molar-refractivity contribution is 0.0692. The topological polar surface area (TPSA) is 63.1 Å². The van der Waals surface area contributed by atoms with Gasteiger partial charge in [-0.3, -0.25) is 0 Å². The molecule has 100 valence electrons. The summed E-state index contributed by atoms with van der Waals surface area (Å²) in [7, 11) is 0. The summed E-state index contributed by atoms with van der Waals surface area (Å²) in [4.78, 5) is 22.1. The van der Waals surface area contributed by atoms with Crippen LogP contribution in [0.1, 0.15) is 47.4 Å². The monoisotopic (exact) mass is 276 g/mol. The van der Waals surface area contributed by atoms with Crippen molar-refractivity contribution < 1.29 is 9.90 Å². The predicted molar refractivity (Wildman–Crippen MR) is 74.8 cm³/mol. The summed E-state index contributed by atoms with van der Waals surface area (Å²) in [6.45, 7) is 2.06. The van der Waals surface area contributed by atoms with Gasteiger partial charge in [0.2, 0.25) is 0 Å². The fourth-order valence-corrected chi connectivity index (χ4v) is 3.39. The highest BCUT2D eigenvalue weighted by atomic mass is 32.1. The molecule has 5 heteroatoms. The van der Waals surface area contributed by atoms with Crippen molar-refractivity contribution in [2.75, 3.05) is 0 Å². The minimum atomic E-state index is -0.956. The molecule has 0 aliphatic heterocycles. The number of aromatic nitrogens is 2. The molecular formula is C14H16N2O2S. The third kappa shape index (κ3) is 2.34. The molecule has 2 aromatic rings. The number of nitrogens with zero attached hydrogens (tertiary/aromatic N) is 2. The Labute approximate surface area is 115 Å². The summed E-state index contributed by atoms with van der Waals surface area (Å²) in [6.07, 6.45) is 5.42. The van der Waals surface area contributed by atoms with Gasteiger partial charge in [0.1, 0.15) is 10.7 Å². The second-order valence-electron chi connectivity index (χ2n) is 5.08. The van der Waals surface area contributed by atoms with E-state index in [2.05, 4.69) is 16.9 Å². The standard InChI is InChI=1S/C14H16N2O2S/c1-2-9-7-10-12(14(17)18)15-11(16-13(10)19-9)6-8-4-3-5-8/h7-8H,2-6H2,1H3,(H,17,18). The molecule has 0 spiro atoms. The number of aromatic carboxylic acids is 1. The minimum Gasteiger partial charge on any atom is -0.476 e. The Morgan fingerprint density at radius 3 is 2.84 bits per heavy atom. The number of carbonyl (C=O) groups is 1. The molecule has 3 rings (SSSR count). The number of fused-ring (bicyclic) bond motifs is 1. The Morgan fingerprint density at radius 2 is 2.26 bits per heavy atom. The van der Waals surface area contributed by atoms with Gasteiger partial charge in [0.05, 0.1) is 0 Å². The van der Waals surface area contributed by atoms with Gasteiger partial charge in [0.25, 0.3) is 0 Å². The van der Waals surface area contributed by atoms with Gasteiger partial charge in [0.15, 0.2) is 5.69 Å². The van der Waals surface area contributed by atoms with Gasteiger partial charge in [-0.25, -0.2) is 14.8 Å². The summed E-state index contributed by atoms with van der Waals surface area (Å²) in [5.74, 6) is 0.381. The highest BCUT2D eigenvalue weighted by Gasteiger charge is 2.22. The van der Waals surface area contributed by atoms with Crippen LogP contribution in [-0.2, 0) is 12.8 Å². The van der Waals surface area contributed by atoms with Gasteiger partial charge < -0.3 is 5.11 Å². The average molecular weight is 276 g/mol. The van der Waals surface area contributed by atoms with E-state index in [-0.39, 0.29) is 5.69 Å². The SMILES string of the molecule is CCc1cc2c(C(=O)O)nc(CC3CCC3)nc2s1. The van der Waals surface area contributed by atoms with Crippen LogP contribution in [0.25, 0.3) is 10.2 Å². The smallest absolute Gasteiger partial charge is 0.355 e. The van der Waals surface area contributed by atoms with Crippen LogP contribution in [0, 0.1) is 5.92 Å². The Kier molecular flexibility index (Phi) is 3.22. The summed E-state index contributed by atoms with van der Waals surface area (Å²) in [5, 5.41) is 10.00. The van der Waals surface area contributed by atoms with Crippen LogP contribution in [0.3, 0.4) is 0 Å². The molecule has 0 saturated heterocycles. The first-order chi connectivity index (χ1) is 9.17. The summed E-state index contributed by atoms with van der Waals surface area (Å²) in [6, 6.07) is 1.91. The van der Waals surface area contributed by atoms with Gasteiger partial charge in [-0.2, -0.15) is 0 Å². The summed E-state index contributed by atoms with van der Waals surface area (Å²) in [5.41, 5.74) is 0.162. The van der Waals surface area contributed by atoms with Gasteiger partial charge in [-0.15, -0.1) is 11.3 Å². The predicted octanol–water partition coefficient (Wildman–Crippen LogP) is 3.29. The number of carboxylic acid groups (broad SMARTS) is 1. The first-order valence-electron chi connectivity index (χ1n) is 6.70. The molecule has 1 aliphatic rings. The average Bonchev–Trinajstić information content (AvgIpc) is 2.75. The zero-order chi connectivity index (χ0) is 13.4. The molecule has 0 bridgehead atoms. The maximum absolute atomic E-state index is 11.3. The first-order valence-corrected chi connectivity index (χ1v) is 7.51. The molecule has 2 aromatic heterocycles. The van der Waals surface area contributed by atoms with Crippen molar-refractivity contribution in [3.05, 3.63) is 22.5 Å². The molecule has 1 fully saturated rings. The summed E-state index contributed by atoms with van der Waals surface area (Å²) < 4.78 is 0. The van der Waals surface area contributed by atoms with E-state index in [0.29, 0.717) is 17.1 Å². The van der Waals surface area contributed by atoms with Crippen molar-refractivity contribution in [3.63, 3.8) is 0 Å². The Hall–Kier alpha value is -1.49. The highest BCUT2D eigenvalue weighted by molar-refractivity contribution is 7.18. The minimum absolute atomic E-state index is 0.162. The fourth-order valence-electron chi connectivity index (χ4n) is 2.40. The lowest BCUT2D eigenvalue weighted by Gasteiger charge is -2.24. The number of thiophene rings is 1. The molecule has 1 saturated carbocycles. The number of carboxylic acids is 1. The second-order valence-corrected chi connectivity index (χ2v) is 6.19. The molecule has 2 heterocycles. The number of rotatable bonds is 4. The summed E-state index contributed by atoms with van der Waals surface area (Å²) >= 11 is 1.58. The largest absolute Gasteiger partial charge is 0.476 e. The third-order valence-corrected chi connectivity index (χ3v) is 4.91. The van der Waals surface area contributed by atoms with E-state index >= 15 is 0 Å². The Bertz CT molecular complexity index is 632. The molecule has 1 aliphatic carbocycles. The van der Waals surface area contributed by atoms with E-state index in [9.17, 15) is 9.90 Å². The number of hydrogen-bond acceptors (Lipinski definition) is 4. The second kappa shape index (κ2) is 4.89. The Balaban J connectivity index is 2.05. The number of aryl methyl sites for hydroxylation is 1. The maximum atomic E-state index is 11.3. The first kappa shape index (κ1) is 12.5. The molecule has 19 heavy (non-hydrogen) atoms. The lowest BCUT2D eigenvalue weighted by Crippen LogP contribution is -2.16. The van der Waals surface area contributed by atoms with Gasteiger partial charge in [-0.1, -0.05) is 26.2 Å². The molecule has 0 atom stereocenters. The molecular weight excluding hydrogens is 260 g/mol. The third-order valence-electron chi connectivity index (χ3n) is 3.74. The van der Waals surface area contributed by atoms with E-state index in [1.165, 1.54) is 19.3 Å². The van der Waals surface area contributed by atoms with Crippen molar-refractivity contribution in [1.29, 1.82) is 0 Å². The zero-order valence-electron chi connectivity index (χ0n) is 10.8. The molecule has 0 amide bonds. The van der Waals surface area contributed by atoms with Crippen LogP contribution in [0.15, 0.2) is 6.07 Å². The van der Waals surface area contributed by atoms with E-state index in [1.54, 1.807) is 11.3 Å². The van der Waals surface area contributed by atoms with Crippen molar-refractivity contribution in [2.45, 2.75) is 39.0 Å². The van der Waals surface area contributed by atoms with Crippen LogP contribution in [0.4, 0.5) is 0 Å².